The Kier molecular flexibility index (Phi) is 3.55. The van der Waals surface area contributed by atoms with E-state index in [-0.39, 0.29) is 0 Å². The Bertz CT molecular complexity index is 594. The van der Waals surface area contributed by atoms with Gasteiger partial charge in [0, 0.05) is 18.1 Å². The number of halogens is 1. The molecule has 0 spiro atoms. The molecule has 2 nitrogen and oxygen atoms in total. The molecular weight excluding hydrogens is 256 g/mol. The molecule has 0 amide bonds. The van der Waals surface area contributed by atoms with Crippen molar-refractivity contribution in [2.75, 3.05) is 13.1 Å². The second-order valence-electron chi connectivity index (χ2n) is 5.66. The number of fused-ring (bicyclic) bond motifs is 1. The van der Waals surface area contributed by atoms with E-state index in [0.717, 1.165) is 24.0 Å². The van der Waals surface area contributed by atoms with Gasteiger partial charge in [-0.3, -0.25) is 0 Å². The Labute approximate surface area is 119 Å². The topological polar surface area (TPSA) is 17.0 Å². The number of nitrogens with one attached hydrogen (secondary N) is 1. The van der Waals surface area contributed by atoms with E-state index in [2.05, 4.69) is 36.0 Å². The predicted octanol–water partition coefficient (Wildman–Crippen LogP) is 3.68. The summed E-state index contributed by atoms with van der Waals surface area (Å²) < 4.78 is 2.24. The van der Waals surface area contributed by atoms with Gasteiger partial charge in [0.1, 0.15) is 0 Å². The monoisotopic (exact) mass is 276 g/mol. The fraction of sp³-hybridized carbons (Fsp3) is 0.500. The molecule has 1 aliphatic heterocycles. The molecule has 0 saturated carbocycles. The van der Waals surface area contributed by atoms with Gasteiger partial charge in [-0.25, -0.2) is 0 Å². The molecule has 3 heteroatoms. The van der Waals surface area contributed by atoms with Gasteiger partial charge in [-0.15, -0.1) is 0 Å². The lowest BCUT2D eigenvalue weighted by atomic mass is 9.90. The van der Waals surface area contributed by atoms with Crippen LogP contribution < -0.4 is 5.32 Å². The third-order valence-corrected chi connectivity index (χ3v) is 4.84. The number of rotatable bonds is 2. The number of benzene rings is 1. The van der Waals surface area contributed by atoms with E-state index in [1.165, 1.54) is 41.4 Å². The smallest absolute Gasteiger partial charge is 0.0672 e. The van der Waals surface area contributed by atoms with Gasteiger partial charge in [0.05, 0.1) is 10.5 Å². The molecule has 2 heterocycles. The van der Waals surface area contributed by atoms with Crippen LogP contribution in [-0.2, 0) is 13.5 Å². The van der Waals surface area contributed by atoms with Gasteiger partial charge in [-0.1, -0.05) is 23.7 Å². The van der Waals surface area contributed by atoms with E-state index in [9.17, 15) is 0 Å². The zero-order chi connectivity index (χ0) is 13.4. The molecule has 0 unspecified atom stereocenters. The summed E-state index contributed by atoms with van der Waals surface area (Å²) in [6, 6.07) is 6.26. The highest BCUT2D eigenvalue weighted by Crippen LogP contribution is 2.33. The first-order valence-electron chi connectivity index (χ1n) is 7.11. The van der Waals surface area contributed by atoms with Crippen LogP contribution in [0.4, 0.5) is 0 Å². The van der Waals surface area contributed by atoms with Crippen LogP contribution >= 0.6 is 11.6 Å². The first kappa shape index (κ1) is 13.0. The summed E-state index contributed by atoms with van der Waals surface area (Å²) in [5, 5.41) is 5.64. The molecule has 1 fully saturated rings. The Morgan fingerprint density at radius 3 is 2.79 bits per heavy atom. The normalized spacial score (nSPS) is 17.2. The van der Waals surface area contributed by atoms with Gasteiger partial charge in [0.15, 0.2) is 0 Å². The summed E-state index contributed by atoms with van der Waals surface area (Å²) in [5.41, 5.74) is 4.04. The van der Waals surface area contributed by atoms with Crippen molar-refractivity contribution in [3.63, 3.8) is 0 Å². The minimum atomic E-state index is 0.810. The molecule has 1 aromatic carbocycles. The summed E-state index contributed by atoms with van der Waals surface area (Å²) in [6.45, 7) is 4.54. The van der Waals surface area contributed by atoms with Crippen molar-refractivity contribution in [1.29, 1.82) is 0 Å². The Balaban J connectivity index is 2.03. The Morgan fingerprint density at radius 2 is 2.05 bits per heavy atom. The molecule has 0 aliphatic carbocycles. The molecule has 2 aromatic rings. The first-order valence-corrected chi connectivity index (χ1v) is 7.49. The third-order valence-electron chi connectivity index (χ3n) is 4.54. The SMILES string of the molecule is Cc1c(CC2CCNCC2)c2cccc(Cl)c2n1C. The number of hydrogen-bond donors (Lipinski definition) is 1. The quantitative estimate of drug-likeness (QED) is 0.885. The number of hydrogen-bond acceptors (Lipinski definition) is 1. The number of aryl methyl sites for hydroxylation is 1. The van der Waals surface area contributed by atoms with E-state index in [1.54, 1.807) is 0 Å². The van der Waals surface area contributed by atoms with Crippen LogP contribution in [0.25, 0.3) is 10.9 Å². The highest BCUT2D eigenvalue weighted by atomic mass is 35.5. The summed E-state index contributed by atoms with van der Waals surface area (Å²) in [7, 11) is 2.12. The molecule has 0 bridgehead atoms. The summed E-state index contributed by atoms with van der Waals surface area (Å²) in [4.78, 5) is 0. The van der Waals surface area contributed by atoms with Crippen LogP contribution in [0.2, 0.25) is 5.02 Å². The number of nitrogens with zero attached hydrogens (tertiary/aromatic N) is 1. The molecular formula is C16H21ClN2. The second kappa shape index (κ2) is 5.18. The van der Waals surface area contributed by atoms with Crippen molar-refractivity contribution in [3.8, 4) is 0 Å². The van der Waals surface area contributed by atoms with Crippen LogP contribution in [0.3, 0.4) is 0 Å². The lowest BCUT2D eigenvalue weighted by Crippen LogP contribution is -2.28. The second-order valence-corrected chi connectivity index (χ2v) is 6.06. The van der Waals surface area contributed by atoms with E-state index < -0.39 is 0 Å². The highest BCUT2D eigenvalue weighted by Gasteiger charge is 2.19. The van der Waals surface area contributed by atoms with Crippen LogP contribution in [0, 0.1) is 12.8 Å². The molecule has 0 atom stereocenters. The fourth-order valence-corrected chi connectivity index (χ4v) is 3.60. The van der Waals surface area contributed by atoms with Crippen molar-refractivity contribution in [1.82, 2.24) is 9.88 Å². The average molecular weight is 277 g/mol. The largest absolute Gasteiger partial charge is 0.346 e. The van der Waals surface area contributed by atoms with Crippen molar-refractivity contribution >= 4 is 22.5 Å². The van der Waals surface area contributed by atoms with Gasteiger partial charge in [0.25, 0.3) is 0 Å². The lowest BCUT2D eigenvalue weighted by Gasteiger charge is -2.22. The summed E-state index contributed by atoms with van der Waals surface area (Å²) >= 11 is 6.36. The number of piperidine rings is 1. The van der Waals surface area contributed by atoms with Crippen LogP contribution in [0.1, 0.15) is 24.1 Å². The maximum atomic E-state index is 6.36. The Morgan fingerprint density at radius 1 is 1.32 bits per heavy atom. The van der Waals surface area contributed by atoms with E-state index >= 15 is 0 Å². The van der Waals surface area contributed by atoms with Crippen molar-refractivity contribution in [2.45, 2.75) is 26.2 Å². The van der Waals surface area contributed by atoms with Gasteiger partial charge in [-0.05, 0) is 56.8 Å². The fourth-order valence-electron chi connectivity index (χ4n) is 3.30. The molecule has 0 radical (unpaired) electrons. The molecule has 1 N–H and O–H groups in total. The van der Waals surface area contributed by atoms with Crippen molar-refractivity contribution in [3.05, 3.63) is 34.5 Å². The Hall–Kier alpha value is -0.990. The molecule has 3 rings (SSSR count). The summed E-state index contributed by atoms with van der Waals surface area (Å²) in [5.74, 6) is 0.810. The predicted molar refractivity (Wildman–Crippen MR) is 82.0 cm³/mol. The van der Waals surface area contributed by atoms with Crippen LogP contribution in [-0.4, -0.2) is 17.7 Å². The zero-order valence-electron chi connectivity index (χ0n) is 11.7. The van der Waals surface area contributed by atoms with Crippen LogP contribution in [0.5, 0.6) is 0 Å². The van der Waals surface area contributed by atoms with Gasteiger partial charge >= 0.3 is 0 Å². The highest BCUT2D eigenvalue weighted by molar-refractivity contribution is 6.35. The maximum absolute atomic E-state index is 6.36. The molecule has 19 heavy (non-hydrogen) atoms. The van der Waals surface area contributed by atoms with Crippen molar-refractivity contribution in [2.24, 2.45) is 13.0 Å². The van der Waals surface area contributed by atoms with Gasteiger partial charge in [0.2, 0.25) is 0 Å². The molecule has 102 valence electrons. The first-order chi connectivity index (χ1) is 9.18. The summed E-state index contributed by atoms with van der Waals surface area (Å²) in [6.07, 6.45) is 3.76. The van der Waals surface area contributed by atoms with E-state index in [1.807, 2.05) is 6.07 Å². The van der Waals surface area contributed by atoms with Crippen molar-refractivity contribution < 1.29 is 0 Å². The molecule has 1 aliphatic rings. The third kappa shape index (κ3) is 2.28. The standard InChI is InChI=1S/C16H21ClN2/c1-11-14(10-12-6-8-18-9-7-12)13-4-3-5-15(17)16(13)19(11)2/h3-5,12,18H,6-10H2,1-2H3. The van der Waals surface area contributed by atoms with E-state index in [0.29, 0.717) is 0 Å². The number of aromatic nitrogens is 1. The zero-order valence-corrected chi connectivity index (χ0v) is 12.4. The van der Waals surface area contributed by atoms with E-state index in [4.69, 9.17) is 11.6 Å². The lowest BCUT2D eigenvalue weighted by molar-refractivity contribution is 0.373. The minimum absolute atomic E-state index is 0.810. The maximum Gasteiger partial charge on any atom is 0.0672 e. The number of para-hydroxylation sites is 1. The van der Waals surface area contributed by atoms with Crippen LogP contribution in [0.15, 0.2) is 18.2 Å². The molecule has 1 aromatic heterocycles. The van der Waals surface area contributed by atoms with Gasteiger partial charge < -0.3 is 9.88 Å². The molecule has 1 saturated heterocycles. The minimum Gasteiger partial charge on any atom is -0.346 e. The average Bonchev–Trinajstić information content (AvgIpc) is 2.66. The van der Waals surface area contributed by atoms with Gasteiger partial charge in [-0.2, -0.15) is 0 Å².